The average Bonchev–Trinajstić information content (AvgIpc) is 3.24. The van der Waals surface area contributed by atoms with Gasteiger partial charge in [0.1, 0.15) is 5.82 Å². The molecule has 2 heterocycles. The number of amides is 1. The van der Waals surface area contributed by atoms with Gasteiger partial charge in [-0.3, -0.25) is 4.79 Å². The number of thiazole rings is 1. The fourth-order valence-corrected chi connectivity index (χ4v) is 5.45. The van der Waals surface area contributed by atoms with Crippen molar-refractivity contribution in [3.63, 3.8) is 0 Å². The predicted molar refractivity (Wildman–Crippen MR) is 110 cm³/mol. The van der Waals surface area contributed by atoms with Gasteiger partial charge in [-0.1, -0.05) is 48.1 Å². The molecule has 0 aliphatic heterocycles. The highest BCUT2D eigenvalue weighted by Gasteiger charge is 2.25. The quantitative estimate of drug-likeness (QED) is 0.499. The fourth-order valence-electron chi connectivity index (χ4n) is 3.24. The molecule has 6 nitrogen and oxygen atoms in total. The average molecular weight is 422 g/mol. The van der Waals surface area contributed by atoms with E-state index in [1.165, 1.54) is 11.8 Å². The van der Waals surface area contributed by atoms with Crippen LogP contribution in [0.5, 0.6) is 0 Å². The van der Waals surface area contributed by atoms with Gasteiger partial charge in [0.2, 0.25) is 5.91 Å². The van der Waals surface area contributed by atoms with Crippen molar-refractivity contribution in [2.75, 3.05) is 5.75 Å². The molecule has 4 rings (SSSR count). The first-order valence-corrected chi connectivity index (χ1v) is 11.2. The van der Waals surface area contributed by atoms with Crippen molar-refractivity contribution in [1.82, 2.24) is 25.1 Å². The summed E-state index contributed by atoms with van der Waals surface area (Å²) in [7, 11) is 0. The van der Waals surface area contributed by atoms with Gasteiger partial charge in [0, 0.05) is 6.04 Å². The maximum Gasteiger partial charge on any atom is 0.230 e. The number of aromatic nitrogens is 4. The summed E-state index contributed by atoms with van der Waals surface area (Å²) in [5.74, 6) is 1.02. The molecule has 2 aromatic heterocycles. The minimum atomic E-state index is -0.0194. The zero-order valence-corrected chi connectivity index (χ0v) is 17.3. The summed E-state index contributed by atoms with van der Waals surface area (Å²) < 4.78 is 3.02. The Balaban J connectivity index is 1.46. The van der Waals surface area contributed by atoms with E-state index >= 15 is 0 Å². The number of thioether (sulfide) groups is 1. The number of halogens is 1. The molecule has 0 unspecified atom stereocenters. The van der Waals surface area contributed by atoms with Crippen LogP contribution >= 0.6 is 34.7 Å². The smallest absolute Gasteiger partial charge is 0.230 e. The highest BCUT2D eigenvalue weighted by atomic mass is 35.5. The van der Waals surface area contributed by atoms with E-state index in [-0.39, 0.29) is 23.1 Å². The zero-order valence-electron chi connectivity index (χ0n) is 14.9. The third-order valence-electron chi connectivity index (χ3n) is 4.63. The molecule has 0 saturated heterocycles. The summed E-state index contributed by atoms with van der Waals surface area (Å²) in [5.41, 5.74) is 0.949. The molecule has 1 aromatic carbocycles. The topological polar surface area (TPSA) is 72.7 Å². The maximum absolute atomic E-state index is 12.4. The first-order chi connectivity index (χ1) is 13.1. The summed E-state index contributed by atoms with van der Waals surface area (Å²) in [6.45, 7) is 1.89. The fraction of sp³-hybridized carbons (Fsp3) is 0.444. The number of para-hydroxylation sites is 1. The van der Waals surface area contributed by atoms with E-state index in [2.05, 4.69) is 20.5 Å². The number of nitrogens with one attached hydrogen (secondary N) is 1. The van der Waals surface area contributed by atoms with Crippen molar-refractivity contribution < 1.29 is 4.79 Å². The lowest BCUT2D eigenvalue weighted by atomic mass is 9.95. The number of hydrogen-bond acceptors (Lipinski definition) is 6. The standard InChI is InChI=1S/C18H20ClN5OS2/c1-11-22-23-18(24(11)17-21-14-8-4-5-9-15(14)27-17)26-10-16(25)20-13-7-3-2-6-12(13)19/h4-5,8-9,12-13H,2-3,6-7,10H2,1H3,(H,20,25)/t12-,13+/m0/s1. The van der Waals surface area contributed by atoms with Gasteiger partial charge >= 0.3 is 0 Å². The highest BCUT2D eigenvalue weighted by Crippen LogP contribution is 2.29. The Bertz CT molecular complexity index is 923. The van der Waals surface area contributed by atoms with Crippen LogP contribution in [0.15, 0.2) is 29.4 Å². The SMILES string of the molecule is Cc1nnc(SCC(=O)N[C@@H]2CCCC[C@@H]2Cl)n1-c1nc2ccccc2s1. The van der Waals surface area contributed by atoms with Crippen LogP contribution in [-0.2, 0) is 4.79 Å². The van der Waals surface area contributed by atoms with E-state index in [0.717, 1.165) is 46.9 Å². The van der Waals surface area contributed by atoms with Crippen LogP contribution in [-0.4, -0.2) is 42.8 Å². The minimum Gasteiger partial charge on any atom is -0.351 e. The van der Waals surface area contributed by atoms with Crippen LogP contribution in [0.3, 0.4) is 0 Å². The number of benzene rings is 1. The molecule has 1 aliphatic carbocycles. The molecule has 3 aromatic rings. The third kappa shape index (κ3) is 4.12. The Morgan fingerprint density at radius 1 is 1.33 bits per heavy atom. The summed E-state index contributed by atoms with van der Waals surface area (Å²) in [6, 6.07) is 8.07. The molecule has 9 heteroatoms. The number of aryl methyl sites for hydroxylation is 1. The lowest BCUT2D eigenvalue weighted by Gasteiger charge is -2.27. The Morgan fingerprint density at radius 2 is 2.15 bits per heavy atom. The van der Waals surface area contributed by atoms with Crippen LogP contribution < -0.4 is 5.32 Å². The molecule has 2 atom stereocenters. The summed E-state index contributed by atoms with van der Waals surface area (Å²) in [4.78, 5) is 17.0. The van der Waals surface area contributed by atoms with Crippen LogP contribution in [0.1, 0.15) is 31.5 Å². The van der Waals surface area contributed by atoms with Gasteiger partial charge in [-0.2, -0.15) is 0 Å². The van der Waals surface area contributed by atoms with Gasteiger partial charge in [-0.15, -0.1) is 21.8 Å². The van der Waals surface area contributed by atoms with Gasteiger partial charge in [0.05, 0.1) is 21.3 Å². The van der Waals surface area contributed by atoms with Gasteiger partial charge < -0.3 is 5.32 Å². The van der Waals surface area contributed by atoms with Crippen molar-refractivity contribution >= 4 is 50.8 Å². The monoisotopic (exact) mass is 421 g/mol. The van der Waals surface area contributed by atoms with Gasteiger partial charge in [0.15, 0.2) is 10.3 Å². The summed E-state index contributed by atoms with van der Waals surface area (Å²) in [6.07, 6.45) is 4.17. The van der Waals surface area contributed by atoms with Gasteiger partial charge in [-0.05, 0) is 31.9 Å². The minimum absolute atomic E-state index is 0.0194. The second kappa shape index (κ2) is 8.16. The van der Waals surface area contributed by atoms with Crippen molar-refractivity contribution in [3.8, 4) is 5.13 Å². The highest BCUT2D eigenvalue weighted by molar-refractivity contribution is 7.99. The summed E-state index contributed by atoms with van der Waals surface area (Å²) in [5, 5.41) is 13.0. The van der Waals surface area contributed by atoms with E-state index in [1.807, 2.05) is 35.8 Å². The first kappa shape index (κ1) is 18.7. The molecule has 0 spiro atoms. The van der Waals surface area contributed by atoms with Gasteiger partial charge in [0.25, 0.3) is 0 Å². The second-order valence-corrected chi connectivity index (χ2v) is 9.10. The predicted octanol–water partition coefficient (Wildman–Crippen LogP) is 3.94. The van der Waals surface area contributed by atoms with Crippen molar-refractivity contribution in [2.45, 2.75) is 49.2 Å². The second-order valence-electron chi connectivity index (χ2n) is 6.59. The molecule has 27 heavy (non-hydrogen) atoms. The van der Waals surface area contributed by atoms with Crippen molar-refractivity contribution in [2.24, 2.45) is 0 Å². The third-order valence-corrected chi connectivity index (χ3v) is 7.10. The van der Waals surface area contributed by atoms with Crippen LogP contribution in [0.2, 0.25) is 0 Å². The number of rotatable bonds is 5. The van der Waals surface area contributed by atoms with E-state index in [1.54, 1.807) is 11.3 Å². The number of carbonyl (C=O) groups is 1. The molecule has 0 radical (unpaired) electrons. The zero-order chi connectivity index (χ0) is 18.8. The maximum atomic E-state index is 12.4. The summed E-state index contributed by atoms with van der Waals surface area (Å²) >= 11 is 9.29. The van der Waals surface area contributed by atoms with E-state index in [4.69, 9.17) is 11.6 Å². The van der Waals surface area contributed by atoms with E-state index in [0.29, 0.717) is 5.16 Å². The van der Waals surface area contributed by atoms with E-state index in [9.17, 15) is 4.79 Å². The molecule has 1 aliphatic rings. The van der Waals surface area contributed by atoms with Crippen molar-refractivity contribution in [3.05, 3.63) is 30.1 Å². The lowest BCUT2D eigenvalue weighted by Crippen LogP contribution is -2.43. The molecule has 1 saturated carbocycles. The van der Waals surface area contributed by atoms with Gasteiger partial charge in [-0.25, -0.2) is 9.55 Å². The molecule has 1 amide bonds. The normalized spacial score (nSPS) is 20.1. The number of fused-ring (bicyclic) bond motifs is 1. The molecule has 1 N–H and O–H groups in total. The number of alkyl halides is 1. The molecule has 142 valence electrons. The molecular weight excluding hydrogens is 402 g/mol. The number of nitrogens with zero attached hydrogens (tertiary/aromatic N) is 4. The number of hydrogen-bond donors (Lipinski definition) is 1. The molecular formula is C18H20ClN5OS2. The molecule has 0 bridgehead atoms. The Labute approximate surface area is 170 Å². The van der Waals surface area contributed by atoms with Crippen LogP contribution in [0.4, 0.5) is 0 Å². The Hall–Kier alpha value is -1.64. The van der Waals surface area contributed by atoms with Crippen molar-refractivity contribution in [1.29, 1.82) is 0 Å². The largest absolute Gasteiger partial charge is 0.351 e. The Morgan fingerprint density at radius 3 is 2.96 bits per heavy atom. The Kier molecular flexibility index (Phi) is 5.66. The van der Waals surface area contributed by atoms with Crippen LogP contribution in [0.25, 0.3) is 15.3 Å². The van der Waals surface area contributed by atoms with E-state index < -0.39 is 0 Å². The lowest BCUT2D eigenvalue weighted by molar-refractivity contribution is -0.119. The van der Waals surface area contributed by atoms with Crippen LogP contribution in [0, 0.1) is 6.92 Å². The molecule has 1 fully saturated rings. The number of carbonyl (C=O) groups excluding carboxylic acids is 1. The first-order valence-electron chi connectivity index (χ1n) is 8.96.